The molecule has 4 nitrogen and oxygen atoms in total. The molecule has 1 atom stereocenters. The summed E-state index contributed by atoms with van der Waals surface area (Å²) in [7, 11) is 2.13. The number of nitrogens with one attached hydrogen (secondary N) is 1. The molecule has 4 rings (SSSR count). The standard InChI is InChI=1S/C23H26F3N3O/c1-28-11-13-29(14-12-28)21-4-2-3-16-7-10-19(15-20(16)21)27-22(30)17-5-8-18(9-6-17)23(24,25)26/h2-6,8-9,19H,7,10-15H2,1H3,(H,27,30)/t19-/m1/s1. The number of nitrogens with zero attached hydrogens (tertiary/aromatic N) is 2. The fourth-order valence-electron chi connectivity index (χ4n) is 4.32. The van der Waals surface area contributed by atoms with Crippen molar-refractivity contribution in [1.29, 1.82) is 0 Å². The van der Waals surface area contributed by atoms with Crippen LogP contribution in [0.2, 0.25) is 0 Å². The summed E-state index contributed by atoms with van der Waals surface area (Å²) in [5.41, 5.74) is 3.36. The van der Waals surface area contributed by atoms with Gasteiger partial charge in [0.05, 0.1) is 5.56 Å². The van der Waals surface area contributed by atoms with Crippen LogP contribution in [0.15, 0.2) is 42.5 Å². The third-order valence-electron chi connectivity index (χ3n) is 6.11. The Morgan fingerprint density at radius 1 is 1.03 bits per heavy atom. The minimum atomic E-state index is -4.40. The van der Waals surface area contributed by atoms with Gasteiger partial charge < -0.3 is 15.1 Å². The molecular weight excluding hydrogens is 391 g/mol. The number of aryl methyl sites for hydroxylation is 1. The Labute approximate surface area is 174 Å². The van der Waals surface area contributed by atoms with Crippen molar-refractivity contribution < 1.29 is 18.0 Å². The van der Waals surface area contributed by atoms with Gasteiger partial charge in [0.2, 0.25) is 0 Å². The average molecular weight is 417 g/mol. The van der Waals surface area contributed by atoms with Crippen molar-refractivity contribution in [3.05, 3.63) is 64.7 Å². The Hall–Kier alpha value is -2.54. The Balaban J connectivity index is 1.46. The lowest BCUT2D eigenvalue weighted by molar-refractivity contribution is -0.137. The number of hydrogen-bond donors (Lipinski definition) is 1. The highest BCUT2D eigenvalue weighted by molar-refractivity contribution is 5.94. The zero-order valence-corrected chi connectivity index (χ0v) is 17.0. The summed E-state index contributed by atoms with van der Waals surface area (Å²) in [6, 6.07) is 10.8. The van der Waals surface area contributed by atoms with Gasteiger partial charge in [0, 0.05) is 43.5 Å². The molecule has 1 aliphatic carbocycles. The second-order valence-electron chi connectivity index (χ2n) is 8.19. The van der Waals surface area contributed by atoms with E-state index < -0.39 is 11.7 Å². The Morgan fingerprint density at radius 3 is 2.40 bits per heavy atom. The van der Waals surface area contributed by atoms with Gasteiger partial charge in [-0.1, -0.05) is 12.1 Å². The lowest BCUT2D eigenvalue weighted by atomic mass is 9.86. The zero-order valence-electron chi connectivity index (χ0n) is 17.0. The monoisotopic (exact) mass is 417 g/mol. The highest BCUT2D eigenvalue weighted by Gasteiger charge is 2.30. The van der Waals surface area contributed by atoms with Crippen LogP contribution < -0.4 is 10.2 Å². The molecule has 7 heteroatoms. The molecule has 0 saturated carbocycles. The second kappa shape index (κ2) is 8.30. The summed E-state index contributed by atoms with van der Waals surface area (Å²) in [6.07, 6.45) is -1.95. The van der Waals surface area contributed by atoms with Gasteiger partial charge >= 0.3 is 6.18 Å². The van der Waals surface area contributed by atoms with Crippen molar-refractivity contribution >= 4 is 11.6 Å². The van der Waals surface area contributed by atoms with Gasteiger partial charge in [0.25, 0.3) is 5.91 Å². The molecule has 0 aromatic heterocycles. The quantitative estimate of drug-likeness (QED) is 0.827. The fraction of sp³-hybridized carbons (Fsp3) is 0.435. The van der Waals surface area contributed by atoms with Crippen LogP contribution in [-0.4, -0.2) is 50.1 Å². The Morgan fingerprint density at radius 2 is 1.73 bits per heavy atom. The number of carbonyl (C=O) groups excluding carboxylic acids is 1. The minimum absolute atomic E-state index is 0.0269. The summed E-state index contributed by atoms with van der Waals surface area (Å²) >= 11 is 0. The molecule has 160 valence electrons. The van der Waals surface area contributed by atoms with Gasteiger partial charge in [-0.05, 0) is 67.8 Å². The lowest BCUT2D eigenvalue weighted by Gasteiger charge is -2.37. The number of benzene rings is 2. The topological polar surface area (TPSA) is 35.6 Å². The number of alkyl halides is 3. The highest BCUT2D eigenvalue weighted by Crippen LogP contribution is 2.32. The maximum Gasteiger partial charge on any atom is 0.416 e. The molecule has 0 bridgehead atoms. The van der Waals surface area contributed by atoms with E-state index >= 15 is 0 Å². The molecule has 1 fully saturated rings. The van der Waals surface area contributed by atoms with E-state index in [-0.39, 0.29) is 17.5 Å². The van der Waals surface area contributed by atoms with Crippen molar-refractivity contribution in [1.82, 2.24) is 10.2 Å². The van der Waals surface area contributed by atoms with E-state index in [1.54, 1.807) is 0 Å². The van der Waals surface area contributed by atoms with Gasteiger partial charge in [0.15, 0.2) is 0 Å². The first-order chi connectivity index (χ1) is 14.3. The molecular formula is C23H26F3N3O. The van der Waals surface area contributed by atoms with Crippen LogP contribution in [0, 0.1) is 0 Å². The van der Waals surface area contributed by atoms with Gasteiger partial charge in [-0.2, -0.15) is 13.2 Å². The summed E-state index contributed by atoms with van der Waals surface area (Å²) in [5.74, 6) is -0.325. The van der Waals surface area contributed by atoms with Gasteiger partial charge in [0.1, 0.15) is 0 Å². The van der Waals surface area contributed by atoms with E-state index in [2.05, 4.69) is 40.4 Å². The minimum Gasteiger partial charge on any atom is -0.369 e. The number of rotatable bonds is 3. The van der Waals surface area contributed by atoms with E-state index in [0.29, 0.717) is 0 Å². The highest BCUT2D eigenvalue weighted by atomic mass is 19.4. The number of amides is 1. The van der Waals surface area contributed by atoms with E-state index in [0.717, 1.165) is 57.6 Å². The molecule has 1 amide bonds. The maximum absolute atomic E-state index is 12.7. The number of likely N-dealkylation sites (N-methyl/N-ethyl adjacent to an activating group) is 1. The van der Waals surface area contributed by atoms with E-state index in [1.807, 2.05) is 0 Å². The second-order valence-corrected chi connectivity index (χ2v) is 8.19. The van der Waals surface area contributed by atoms with Crippen molar-refractivity contribution in [3.8, 4) is 0 Å². The van der Waals surface area contributed by atoms with Gasteiger partial charge in [-0.3, -0.25) is 4.79 Å². The first kappa shape index (κ1) is 20.7. The van der Waals surface area contributed by atoms with E-state index in [1.165, 1.54) is 28.9 Å². The van der Waals surface area contributed by atoms with E-state index in [9.17, 15) is 18.0 Å². The first-order valence-corrected chi connectivity index (χ1v) is 10.3. The third-order valence-corrected chi connectivity index (χ3v) is 6.11. The fourth-order valence-corrected chi connectivity index (χ4v) is 4.32. The summed E-state index contributed by atoms with van der Waals surface area (Å²) in [6.45, 7) is 4.01. The molecule has 2 aromatic rings. The predicted molar refractivity (Wildman–Crippen MR) is 111 cm³/mol. The Kier molecular flexibility index (Phi) is 5.73. The molecule has 2 aromatic carbocycles. The van der Waals surface area contributed by atoms with Gasteiger partial charge in [-0.25, -0.2) is 0 Å². The summed E-state index contributed by atoms with van der Waals surface area (Å²) < 4.78 is 38.2. The Bertz CT molecular complexity index is 903. The number of anilines is 1. The van der Waals surface area contributed by atoms with Crippen LogP contribution in [0.5, 0.6) is 0 Å². The van der Waals surface area contributed by atoms with Crippen LogP contribution in [0.3, 0.4) is 0 Å². The smallest absolute Gasteiger partial charge is 0.369 e. The summed E-state index contributed by atoms with van der Waals surface area (Å²) in [4.78, 5) is 17.3. The average Bonchev–Trinajstić information content (AvgIpc) is 2.73. The van der Waals surface area contributed by atoms with Crippen LogP contribution in [-0.2, 0) is 19.0 Å². The lowest BCUT2D eigenvalue weighted by Crippen LogP contribution is -2.45. The van der Waals surface area contributed by atoms with Crippen molar-refractivity contribution in [2.75, 3.05) is 38.1 Å². The van der Waals surface area contributed by atoms with Crippen molar-refractivity contribution in [2.24, 2.45) is 0 Å². The van der Waals surface area contributed by atoms with Crippen LogP contribution in [0.25, 0.3) is 0 Å². The SMILES string of the molecule is CN1CCN(c2cccc3c2C[C@H](NC(=O)c2ccc(C(F)(F)F)cc2)CC3)CC1. The molecule has 0 unspecified atom stereocenters. The van der Waals surface area contributed by atoms with E-state index in [4.69, 9.17) is 0 Å². The third kappa shape index (κ3) is 4.46. The number of hydrogen-bond acceptors (Lipinski definition) is 3. The number of halogens is 3. The maximum atomic E-state index is 12.7. The van der Waals surface area contributed by atoms with Crippen molar-refractivity contribution in [2.45, 2.75) is 31.5 Å². The first-order valence-electron chi connectivity index (χ1n) is 10.3. The molecule has 1 aliphatic heterocycles. The number of fused-ring (bicyclic) bond motifs is 1. The number of piperazine rings is 1. The molecule has 1 N–H and O–H groups in total. The number of carbonyl (C=O) groups is 1. The molecule has 30 heavy (non-hydrogen) atoms. The van der Waals surface area contributed by atoms with Crippen molar-refractivity contribution in [3.63, 3.8) is 0 Å². The van der Waals surface area contributed by atoms with Crippen LogP contribution in [0.4, 0.5) is 18.9 Å². The molecule has 0 radical (unpaired) electrons. The normalized spacial score (nSPS) is 20.0. The molecule has 2 aliphatic rings. The zero-order chi connectivity index (χ0) is 21.3. The molecule has 1 saturated heterocycles. The molecule has 1 heterocycles. The summed E-state index contributed by atoms with van der Waals surface area (Å²) in [5, 5.41) is 3.02. The predicted octanol–water partition coefficient (Wildman–Crippen LogP) is 3.74. The van der Waals surface area contributed by atoms with Gasteiger partial charge in [-0.15, -0.1) is 0 Å². The largest absolute Gasteiger partial charge is 0.416 e. The molecule has 0 spiro atoms. The van der Waals surface area contributed by atoms with Crippen LogP contribution in [0.1, 0.15) is 33.5 Å². The van der Waals surface area contributed by atoms with Crippen LogP contribution >= 0.6 is 0 Å².